The first-order valence-electron chi connectivity index (χ1n) is 8.86. The molecule has 0 saturated heterocycles. The Morgan fingerprint density at radius 1 is 0.864 bits per heavy atom. The highest BCUT2D eigenvalue weighted by Crippen LogP contribution is 2.24. The van der Waals surface area contributed by atoms with Gasteiger partial charge in [-0.25, -0.2) is 0 Å². The SMILES string of the molecule is CCCCCCCCCCCCC(=CC(C)(C)C)S(=O)(=O)O. The second-order valence-corrected chi connectivity index (χ2v) is 8.86. The molecule has 0 unspecified atom stereocenters. The van der Waals surface area contributed by atoms with Gasteiger partial charge in [-0.05, 0) is 18.3 Å². The maximum absolute atomic E-state index is 11.4. The fourth-order valence-electron chi connectivity index (χ4n) is 2.55. The summed E-state index contributed by atoms with van der Waals surface area (Å²) in [6, 6.07) is 0. The zero-order valence-corrected chi connectivity index (χ0v) is 15.8. The van der Waals surface area contributed by atoms with Gasteiger partial charge in [0.05, 0.1) is 4.91 Å². The number of rotatable bonds is 12. The highest BCUT2D eigenvalue weighted by atomic mass is 32.2. The molecule has 22 heavy (non-hydrogen) atoms. The van der Waals surface area contributed by atoms with E-state index in [0.717, 1.165) is 19.3 Å². The monoisotopic (exact) mass is 332 g/mol. The number of unbranched alkanes of at least 4 members (excludes halogenated alkanes) is 9. The number of hydrogen-bond acceptors (Lipinski definition) is 2. The first-order chi connectivity index (χ1) is 10.2. The Hall–Kier alpha value is -0.350. The first kappa shape index (κ1) is 21.6. The van der Waals surface area contributed by atoms with E-state index >= 15 is 0 Å². The molecule has 0 aliphatic rings. The van der Waals surface area contributed by atoms with Gasteiger partial charge in [0.1, 0.15) is 0 Å². The smallest absolute Gasteiger partial charge is 0.282 e. The van der Waals surface area contributed by atoms with Crippen molar-refractivity contribution in [3.8, 4) is 0 Å². The van der Waals surface area contributed by atoms with E-state index in [9.17, 15) is 13.0 Å². The molecule has 0 fully saturated rings. The van der Waals surface area contributed by atoms with E-state index < -0.39 is 10.1 Å². The molecule has 0 amide bonds. The molecule has 0 radical (unpaired) electrons. The third-order valence-corrected chi connectivity index (χ3v) is 4.69. The average molecular weight is 333 g/mol. The molecule has 0 spiro atoms. The van der Waals surface area contributed by atoms with Gasteiger partial charge in [0.2, 0.25) is 0 Å². The van der Waals surface area contributed by atoms with Crippen LogP contribution < -0.4 is 0 Å². The lowest BCUT2D eigenvalue weighted by atomic mass is 9.95. The molecule has 0 aromatic rings. The van der Waals surface area contributed by atoms with E-state index in [1.807, 2.05) is 20.8 Å². The van der Waals surface area contributed by atoms with E-state index in [2.05, 4.69) is 6.92 Å². The van der Waals surface area contributed by atoms with Gasteiger partial charge >= 0.3 is 0 Å². The zero-order valence-electron chi connectivity index (χ0n) is 15.0. The van der Waals surface area contributed by atoms with Crippen LogP contribution in [-0.4, -0.2) is 13.0 Å². The summed E-state index contributed by atoms with van der Waals surface area (Å²) in [6.45, 7) is 8.05. The van der Waals surface area contributed by atoms with Gasteiger partial charge in [-0.1, -0.05) is 91.6 Å². The summed E-state index contributed by atoms with van der Waals surface area (Å²) in [6.07, 6.45) is 14.3. The van der Waals surface area contributed by atoms with Crippen molar-refractivity contribution in [3.05, 3.63) is 11.0 Å². The lowest BCUT2D eigenvalue weighted by Gasteiger charge is -2.15. The van der Waals surface area contributed by atoms with Crippen LogP contribution in [0.3, 0.4) is 0 Å². The molecule has 0 aliphatic carbocycles. The second-order valence-electron chi connectivity index (χ2n) is 7.38. The molecule has 0 aromatic carbocycles. The summed E-state index contributed by atoms with van der Waals surface area (Å²) in [7, 11) is -4.05. The summed E-state index contributed by atoms with van der Waals surface area (Å²) in [5, 5.41) is 0. The van der Waals surface area contributed by atoms with Gasteiger partial charge < -0.3 is 0 Å². The van der Waals surface area contributed by atoms with Crippen LogP contribution in [0.25, 0.3) is 0 Å². The summed E-state index contributed by atoms with van der Waals surface area (Å²) in [4.78, 5) is 0.180. The molecule has 0 heterocycles. The summed E-state index contributed by atoms with van der Waals surface area (Å²) in [5.74, 6) is 0. The molecule has 0 bridgehead atoms. The minimum Gasteiger partial charge on any atom is -0.282 e. The van der Waals surface area contributed by atoms with Gasteiger partial charge in [0.25, 0.3) is 10.1 Å². The van der Waals surface area contributed by atoms with Crippen molar-refractivity contribution >= 4 is 10.1 Å². The van der Waals surface area contributed by atoms with Crippen molar-refractivity contribution in [3.63, 3.8) is 0 Å². The Bertz CT molecular complexity index is 403. The van der Waals surface area contributed by atoms with Crippen molar-refractivity contribution in [2.24, 2.45) is 5.41 Å². The third-order valence-electron chi connectivity index (χ3n) is 3.70. The Balaban J connectivity index is 3.86. The van der Waals surface area contributed by atoms with Crippen LogP contribution in [-0.2, 0) is 10.1 Å². The minimum atomic E-state index is -4.05. The molecular weight excluding hydrogens is 296 g/mol. The van der Waals surface area contributed by atoms with Gasteiger partial charge in [0.15, 0.2) is 0 Å². The van der Waals surface area contributed by atoms with E-state index in [0.29, 0.717) is 6.42 Å². The maximum Gasteiger partial charge on any atom is 0.290 e. The molecule has 0 aliphatic heterocycles. The Labute approximate surface area is 138 Å². The standard InChI is InChI=1S/C18H36O3S/c1-5-6-7-8-9-10-11-12-13-14-15-17(22(19,20)21)16-18(2,3)4/h16H,5-15H2,1-4H3,(H,19,20,21). The fourth-order valence-corrected chi connectivity index (χ4v) is 3.45. The van der Waals surface area contributed by atoms with Crippen LogP contribution >= 0.6 is 0 Å². The topological polar surface area (TPSA) is 54.4 Å². The fraction of sp³-hybridized carbons (Fsp3) is 0.889. The van der Waals surface area contributed by atoms with Gasteiger partial charge in [-0.3, -0.25) is 4.55 Å². The summed E-state index contributed by atoms with van der Waals surface area (Å²) in [5.41, 5.74) is -0.233. The quantitative estimate of drug-likeness (QED) is 0.346. The van der Waals surface area contributed by atoms with Crippen LogP contribution in [0, 0.1) is 5.41 Å². The van der Waals surface area contributed by atoms with Gasteiger partial charge in [-0.2, -0.15) is 8.42 Å². The second kappa shape index (κ2) is 11.2. The van der Waals surface area contributed by atoms with Gasteiger partial charge in [-0.15, -0.1) is 0 Å². The average Bonchev–Trinajstić information content (AvgIpc) is 2.37. The highest BCUT2D eigenvalue weighted by molar-refractivity contribution is 7.89. The minimum absolute atomic E-state index is 0.180. The molecular formula is C18H36O3S. The van der Waals surface area contributed by atoms with Crippen molar-refractivity contribution in [1.29, 1.82) is 0 Å². The molecule has 0 rings (SSSR count). The largest absolute Gasteiger partial charge is 0.290 e. The lowest BCUT2D eigenvalue weighted by molar-refractivity contribution is 0.481. The van der Waals surface area contributed by atoms with Crippen molar-refractivity contribution in [1.82, 2.24) is 0 Å². The maximum atomic E-state index is 11.4. The summed E-state index contributed by atoms with van der Waals surface area (Å²) < 4.78 is 32.1. The van der Waals surface area contributed by atoms with Crippen LogP contribution in [0.5, 0.6) is 0 Å². The molecule has 0 aromatic heterocycles. The Kier molecular flexibility index (Phi) is 11.0. The molecule has 0 atom stereocenters. The van der Waals surface area contributed by atoms with E-state index in [1.54, 1.807) is 6.08 Å². The Morgan fingerprint density at radius 2 is 1.27 bits per heavy atom. The van der Waals surface area contributed by atoms with Crippen LogP contribution in [0.15, 0.2) is 11.0 Å². The number of allylic oxidation sites excluding steroid dienone is 2. The van der Waals surface area contributed by atoms with Crippen molar-refractivity contribution in [2.45, 2.75) is 98.3 Å². The van der Waals surface area contributed by atoms with Crippen molar-refractivity contribution in [2.75, 3.05) is 0 Å². The molecule has 132 valence electrons. The van der Waals surface area contributed by atoms with Crippen LogP contribution in [0.1, 0.15) is 98.3 Å². The third kappa shape index (κ3) is 13.3. The molecule has 1 N–H and O–H groups in total. The summed E-state index contributed by atoms with van der Waals surface area (Å²) >= 11 is 0. The highest BCUT2D eigenvalue weighted by Gasteiger charge is 2.17. The van der Waals surface area contributed by atoms with Crippen LogP contribution in [0.2, 0.25) is 0 Å². The molecule has 3 nitrogen and oxygen atoms in total. The predicted octanol–water partition coefficient (Wildman–Crippen LogP) is 6.12. The zero-order chi connectivity index (χ0) is 17.1. The van der Waals surface area contributed by atoms with Crippen molar-refractivity contribution < 1.29 is 13.0 Å². The first-order valence-corrected chi connectivity index (χ1v) is 10.3. The van der Waals surface area contributed by atoms with Crippen LogP contribution in [0.4, 0.5) is 0 Å². The number of hydrogen-bond donors (Lipinski definition) is 1. The van der Waals surface area contributed by atoms with Gasteiger partial charge in [0, 0.05) is 0 Å². The molecule has 4 heteroatoms. The Morgan fingerprint density at radius 3 is 1.64 bits per heavy atom. The van der Waals surface area contributed by atoms with E-state index in [4.69, 9.17) is 0 Å². The lowest BCUT2D eigenvalue weighted by Crippen LogP contribution is -2.08. The predicted molar refractivity (Wildman–Crippen MR) is 95.5 cm³/mol. The van der Waals surface area contributed by atoms with E-state index in [-0.39, 0.29) is 10.3 Å². The molecule has 0 saturated carbocycles. The normalized spacial score (nSPS) is 13.6. The van der Waals surface area contributed by atoms with E-state index in [1.165, 1.54) is 44.9 Å².